The number of nitrogens with one attached hydrogen (secondary N) is 1. The predicted molar refractivity (Wildman–Crippen MR) is 107 cm³/mol. The van der Waals surface area contributed by atoms with Crippen LogP contribution < -0.4 is 5.32 Å². The molecule has 1 N–H and O–H groups in total. The van der Waals surface area contributed by atoms with Gasteiger partial charge in [0.15, 0.2) is 0 Å². The number of hydrogen-bond acceptors (Lipinski definition) is 5. The maximum atomic E-state index is 12.3. The Hall–Kier alpha value is -0.660. The zero-order valence-electron chi connectivity index (χ0n) is 15.6. The molecule has 0 radical (unpaired) electrons. The highest BCUT2D eigenvalue weighted by Crippen LogP contribution is 2.27. The lowest BCUT2D eigenvalue weighted by molar-refractivity contribution is -0.127. The minimum Gasteiger partial charge on any atom is -0.383 e. The number of nitrogens with zero attached hydrogens (tertiary/aromatic N) is 2. The Morgan fingerprint density at radius 1 is 1.31 bits per heavy atom. The molecule has 1 aromatic heterocycles. The van der Waals surface area contributed by atoms with Crippen molar-refractivity contribution < 1.29 is 9.53 Å². The van der Waals surface area contributed by atoms with Crippen LogP contribution in [0.15, 0.2) is 12.1 Å². The zero-order valence-corrected chi connectivity index (χ0v) is 17.2. The van der Waals surface area contributed by atoms with E-state index in [4.69, 9.17) is 16.3 Å². The summed E-state index contributed by atoms with van der Waals surface area (Å²) in [6, 6.07) is 4.74. The average molecular weight is 400 g/mol. The maximum Gasteiger partial charge on any atom is 0.224 e. The number of ether oxygens (including phenoxy) is 1. The molecular weight excluding hydrogens is 370 g/mol. The summed E-state index contributed by atoms with van der Waals surface area (Å²) in [7, 11) is 1.66. The summed E-state index contributed by atoms with van der Waals surface area (Å²) in [5.41, 5.74) is 0. The molecule has 0 aliphatic carbocycles. The molecule has 3 rings (SSSR count). The second-order valence-corrected chi connectivity index (χ2v) is 9.13. The Labute approximate surface area is 165 Å². The van der Waals surface area contributed by atoms with Crippen molar-refractivity contribution in [2.45, 2.75) is 38.3 Å². The van der Waals surface area contributed by atoms with Gasteiger partial charge < -0.3 is 10.1 Å². The first-order chi connectivity index (χ1) is 12.7. The Morgan fingerprint density at radius 2 is 2.12 bits per heavy atom. The predicted octanol–water partition coefficient (Wildman–Crippen LogP) is 2.84. The van der Waals surface area contributed by atoms with E-state index >= 15 is 0 Å². The van der Waals surface area contributed by atoms with E-state index in [1.165, 1.54) is 17.7 Å². The summed E-state index contributed by atoms with van der Waals surface area (Å²) < 4.78 is 5.89. The fraction of sp³-hybridized carbons (Fsp3) is 0.737. The molecule has 2 saturated heterocycles. The van der Waals surface area contributed by atoms with Gasteiger partial charge in [0.05, 0.1) is 16.9 Å². The topological polar surface area (TPSA) is 44.8 Å². The minimum atomic E-state index is 0.131. The normalized spacial score (nSPS) is 23.2. The van der Waals surface area contributed by atoms with Gasteiger partial charge >= 0.3 is 0 Å². The fourth-order valence-electron chi connectivity index (χ4n) is 4.07. The standard InChI is InChI=1S/C19H30ClN3O2S/c1-25-12-8-21-19(24)15-3-2-9-23(13-15)16-6-10-22(11-7-16)14-17-4-5-18(20)26-17/h4-5,15-16H,2-3,6-14H2,1H3,(H,21,24)/t15-/m1/s1. The molecule has 1 atom stereocenters. The number of hydrogen-bond donors (Lipinski definition) is 1. The number of halogens is 1. The molecule has 1 aromatic rings. The Kier molecular flexibility index (Phi) is 7.76. The van der Waals surface area contributed by atoms with Crippen molar-refractivity contribution in [2.24, 2.45) is 5.92 Å². The Bertz CT molecular complexity index is 575. The van der Waals surface area contributed by atoms with Crippen molar-refractivity contribution in [2.75, 3.05) is 46.4 Å². The summed E-state index contributed by atoms with van der Waals surface area (Å²) in [4.78, 5) is 18.8. The average Bonchev–Trinajstić information content (AvgIpc) is 3.07. The SMILES string of the molecule is COCCNC(=O)[C@@H]1CCCN(C2CCN(Cc3ccc(Cl)s3)CC2)C1. The number of rotatable bonds is 7. The lowest BCUT2D eigenvalue weighted by Crippen LogP contribution is -2.50. The van der Waals surface area contributed by atoms with Crippen molar-refractivity contribution in [1.82, 2.24) is 15.1 Å². The second-order valence-electron chi connectivity index (χ2n) is 7.33. The minimum absolute atomic E-state index is 0.131. The first-order valence-electron chi connectivity index (χ1n) is 9.63. The smallest absolute Gasteiger partial charge is 0.224 e. The molecule has 26 heavy (non-hydrogen) atoms. The van der Waals surface area contributed by atoms with Gasteiger partial charge in [-0.15, -0.1) is 11.3 Å². The van der Waals surface area contributed by atoms with Gasteiger partial charge in [-0.3, -0.25) is 14.6 Å². The van der Waals surface area contributed by atoms with E-state index in [1.807, 2.05) is 6.07 Å². The molecule has 0 unspecified atom stereocenters. The van der Waals surface area contributed by atoms with Gasteiger partial charge in [-0.25, -0.2) is 0 Å². The van der Waals surface area contributed by atoms with Gasteiger partial charge in [0.1, 0.15) is 0 Å². The van der Waals surface area contributed by atoms with Gasteiger partial charge in [-0.05, 0) is 44.4 Å². The lowest BCUT2D eigenvalue weighted by atomic mass is 9.93. The van der Waals surface area contributed by atoms with E-state index in [2.05, 4.69) is 21.2 Å². The van der Waals surface area contributed by atoms with Crippen LogP contribution in [0, 0.1) is 5.92 Å². The van der Waals surface area contributed by atoms with Gasteiger partial charge in [0.2, 0.25) is 5.91 Å². The Morgan fingerprint density at radius 3 is 2.81 bits per heavy atom. The molecule has 5 nitrogen and oxygen atoms in total. The van der Waals surface area contributed by atoms with Crippen LogP contribution in [0.4, 0.5) is 0 Å². The highest BCUT2D eigenvalue weighted by molar-refractivity contribution is 7.16. The molecule has 0 saturated carbocycles. The first-order valence-corrected chi connectivity index (χ1v) is 10.8. The number of carbonyl (C=O) groups is 1. The zero-order chi connectivity index (χ0) is 18.4. The molecule has 146 valence electrons. The van der Waals surface area contributed by atoms with Crippen molar-refractivity contribution in [3.05, 3.63) is 21.3 Å². The summed E-state index contributed by atoms with van der Waals surface area (Å²) in [5.74, 6) is 0.325. The van der Waals surface area contributed by atoms with Crippen LogP contribution >= 0.6 is 22.9 Å². The molecular formula is C19H30ClN3O2S. The first kappa shape index (κ1) is 20.1. The second kappa shape index (κ2) is 10.0. The van der Waals surface area contributed by atoms with Crippen LogP contribution in [-0.2, 0) is 16.1 Å². The van der Waals surface area contributed by atoms with Crippen LogP contribution in [0.3, 0.4) is 0 Å². The summed E-state index contributed by atoms with van der Waals surface area (Å²) in [6.45, 7) is 6.49. The van der Waals surface area contributed by atoms with Crippen molar-refractivity contribution >= 4 is 28.8 Å². The van der Waals surface area contributed by atoms with E-state index in [-0.39, 0.29) is 11.8 Å². The number of methoxy groups -OCH3 is 1. The quantitative estimate of drug-likeness (QED) is 0.716. The van der Waals surface area contributed by atoms with Gasteiger partial charge in [-0.1, -0.05) is 11.6 Å². The molecule has 2 aliphatic heterocycles. The third-order valence-electron chi connectivity index (χ3n) is 5.51. The van der Waals surface area contributed by atoms with Crippen molar-refractivity contribution in [3.8, 4) is 0 Å². The number of thiophene rings is 1. The molecule has 0 aromatic carbocycles. The summed E-state index contributed by atoms with van der Waals surface area (Å²) >= 11 is 7.72. The number of amides is 1. The molecule has 1 amide bonds. The molecule has 7 heteroatoms. The van der Waals surface area contributed by atoms with Gasteiger partial charge in [0.25, 0.3) is 0 Å². The van der Waals surface area contributed by atoms with E-state index in [9.17, 15) is 4.79 Å². The van der Waals surface area contributed by atoms with Crippen LogP contribution in [0.25, 0.3) is 0 Å². The molecule has 0 spiro atoms. The van der Waals surface area contributed by atoms with Gasteiger partial charge in [0, 0.05) is 50.8 Å². The van der Waals surface area contributed by atoms with Crippen molar-refractivity contribution in [1.29, 1.82) is 0 Å². The number of piperidine rings is 2. The number of likely N-dealkylation sites (tertiary alicyclic amines) is 2. The number of carbonyl (C=O) groups excluding carboxylic acids is 1. The maximum absolute atomic E-state index is 12.3. The molecule has 3 heterocycles. The van der Waals surface area contributed by atoms with Crippen LogP contribution in [0.5, 0.6) is 0 Å². The summed E-state index contributed by atoms with van der Waals surface area (Å²) in [5, 5.41) is 3.00. The fourth-order valence-corrected chi connectivity index (χ4v) is 5.20. The van der Waals surface area contributed by atoms with Crippen LogP contribution in [0.2, 0.25) is 4.34 Å². The monoisotopic (exact) mass is 399 g/mol. The van der Waals surface area contributed by atoms with Crippen molar-refractivity contribution in [3.63, 3.8) is 0 Å². The molecule has 2 fully saturated rings. The summed E-state index contributed by atoms with van der Waals surface area (Å²) in [6.07, 6.45) is 4.51. The van der Waals surface area contributed by atoms with Crippen LogP contribution in [0.1, 0.15) is 30.6 Å². The Balaban J connectivity index is 1.42. The third kappa shape index (κ3) is 5.67. The van der Waals surface area contributed by atoms with E-state index < -0.39 is 0 Å². The largest absolute Gasteiger partial charge is 0.383 e. The highest BCUT2D eigenvalue weighted by atomic mass is 35.5. The van der Waals surface area contributed by atoms with E-state index in [1.54, 1.807) is 18.4 Å². The molecule has 2 aliphatic rings. The third-order valence-corrected chi connectivity index (χ3v) is 6.73. The highest BCUT2D eigenvalue weighted by Gasteiger charge is 2.31. The lowest BCUT2D eigenvalue weighted by Gasteiger charge is -2.42. The van der Waals surface area contributed by atoms with E-state index in [0.717, 1.165) is 49.9 Å². The van der Waals surface area contributed by atoms with Gasteiger partial charge in [-0.2, -0.15) is 0 Å². The molecule has 0 bridgehead atoms. The van der Waals surface area contributed by atoms with E-state index in [0.29, 0.717) is 19.2 Å². The van der Waals surface area contributed by atoms with Crippen LogP contribution in [-0.4, -0.2) is 68.2 Å².